The molecule has 21 heavy (non-hydrogen) atoms. The molecule has 2 rings (SSSR count). The quantitative estimate of drug-likeness (QED) is 0.907. The Hall–Kier alpha value is -2.27. The lowest BCUT2D eigenvalue weighted by Crippen LogP contribution is -2.15. The summed E-state index contributed by atoms with van der Waals surface area (Å²) in [7, 11) is 0. The fourth-order valence-electron chi connectivity index (χ4n) is 2.17. The van der Waals surface area contributed by atoms with E-state index in [1.165, 1.54) is 12.1 Å². The molecule has 0 aliphatic heterocycles. The van der Waals surface area contributed by atoms with E-state index in [-0.39, 0.29) is 12.0 Å². The predicted molar refractivity (Wildman–Crippen MR) is 75.7 cm³/mol. The van der Waals surface area contributed by atoms with Gasteiger partial charge in [-0.15, -0.1) is 0 Å². The number of hydrogen-bond acceptors (Lipinski definition) is 2. The van der Waals surface area contributed by atoms with Gasteiger partial charge in [-0.1, -0.05) is 12.1 Å². The monoisotopic (exact) mass is 291 g/mol. The molecule has 0 radical (unpaired) electrons. The Kier molecular flexibility index (Phi) is 4.33. The molecule has 0 spiro atoms. The summed E-state index contributed by atoms with van der Waals surface area (Å²) in [5.74, 6) is -2.31. The molecule has 3 N–H and O–H groups in total. The van der Waals surface area contributed by atoms with Crippen LogP contribution in [0.15, 0.2) is 36.4 Å². The highest BCUT2D eigenvalue weighted by Gasteiger charge is 2.14. The first kappa shape index (κ1) is 15.1. The molecule has 0 bridgehead atoms. The molecule has 2 aromatic carbocycles. The van der Waals surface area contributed by atoms with E-state index >= 15 is 0 Å². The van der Waals surface area contributed by atoms with E-state index in [1.807, 2.05) is 0 Å². The van der Waals surface area contributed by atoms with Crippen LogP contribution >= 0.6 is 0 Å². The number of benzene rings is 2. The first-order valence-corrected chi connectivity index (χ1v) is 6.42. The zero-order chi connectivity index (χ0) is 15.6. The van der Waals surface area contributed by atoms with Crippen molar-refractivity contribution in [1.82, 2.24) is 0 Å². The SMILES string of the molecule is Cc1ccc(C(N)CC(=O)O)cc1-c1ccc(F)cc1F. The van der Waals surface area contributed by atoms with Crippen molar-refractivity contribution in [3.05, 3.63) is 59.2 Å². The van der Waals surface area contributed by atoms with Gasteiger partial charge in [0.15, 0.2) is 0 Å². The molecule has 2 aromatic rings. The van der Waals surface area contributed by atoms with Gasteiger partial charge >= 0.3 is 5.97 Å². The largest absolute Gasteiger partial charge is 0.481 e. The minimum atomic E-state index is -1.00. The third kappa shape index (κ3) is 3.44. The molecule has 3 nitrogen and oxygen atoms in total. The lowest BCUT2D eigenvalue weighted by molar-refractivity contribution is -0.137. The van der Waals surface area contributed by atoms with E-state index in [0.717, 1.165) is 11.6 Å². The first-order chi connectivity index (χ1) is 9.88. The second kappa shape index (κ2) is 6.01. The molecule has 1 unspecified atom stereocenters. The summed E-state index contributed by atoms with van der Waals surface area (Å²) in [6.07, 6.45) is -0.214. The highest BCUT2D eigenvalue weighted by Crippen LogP contribution is 2.29. The fourth-order valence-corrected chi connectivity index (χ4v) is 2.17. The lowest BCUT2D eigenvalue weighted by Gasteiger charge is -2.14. The number of rotatable bonds is 4. The maximum absolute atomic E-state index is 13.9. The van der Waals surface area contributed by atoms with Crippen molar-refractivity contribution in [2.24, 2.45) is 5.73 Å². The number of aliphatic carboxylic acids is 1. The van der Waals surface area contributed by atoms with Crippen molar-refractivity contribution in [2.75, 3.05) is 0 Å². The third-order valence-corrected chi connectivity index (χ3v) is 3.31. The highest BCUT2D eigenvalue weighted by atomic mass is 19.1. The molecule has 0 saturated heterocycles. The summed E-state index contributed by atoms with van der Waals surface area (Å²) in [6, 6.07) is 7.80. The van der Waals surface area contributed by atoms with Crippen LogP contribution in [0.3, 0.4) is 0 Å². The van der Waals surface area contributed by atoms with Gasteiger partial charge < -0.3 is 10.8 Å². The normalized spacial score (nSPS) is 12.2. The van der Waals surface area contributed by atoms with E-state index in [0.29, 0.717) is 11.1 Å². The Morgan fingerprint density at radius 2 is 1.90 bits per heavy atom. The van der Waals surface area contributed by atoms with Crippen molar-refractivity contribution in [3.8, 4) is 11.1 Å². The number of halogens is 2. The van der Waals surface area contributed by atoms with Gasteiger partial charge in [-0.3, -0.25) is 4.79 Å². The zero-order valence-electron chi connectivity index (χ0n) is 11.4. The minimum absolute atomic E-state index is 0.214. The lowest BCUT2D eigenvalue weighted by atomic mass is 9.94. The van der Waals surface area contributed by atoms with Crippen molar-refractivity contribution in [1.29, 1.82) is 0 Å². The smallest absolute Gasteiger partial charge is 0.305 e. The number of nitrogens with two attached hydrogens (primary N) is 1. The van der Waals surface area contributed by atoms with E-state index in [9.17, 15) is 13.6 Å². The van der Waals surface area contributed by atoms with Crippen LogP contribution in [0.4, 0.5) is 8.78 Å². The van der Waals surface area contributed by atoms with Crippen LogP contribution in [0.1, 0.15) is 23.6 Å². The number of carbonyl (C=O) groups is 1. The van der Waals surface area contributed by atoms with Crippen molar-refractivity contribution in [2.45, 2.75) is 19.4 Å². The maximum atomic E-state index is 13.9. The Morgan fingerprint density at radius 3 is 2.52 bits per heavy atom. The fraction of sp³-hybridized carbons (Fsp3) is 0.188. The Labute approximate surface area is 121 Å². The molecule has 0 heterocycles. The van der Waals surface area contributed by atoms with Gasteiger partial charge in [0.1, 0.15) is 11.6 Å². The summed E-state index contributed by atoms with van der Waals surface area (Å²) in [4.78, 5) is 10.7. The standard InChI is InChI=1S/C16H15F2NO2/c1-9-2-3-10(15(19)8-16(20)21)6-13(9)12-5-4-11(17)7-14(12)18/h2-7,15H,8,19H2,1H3,(H,20,21). The Balaban J connectivity index is 2.46. The minimum Gasteiger partial charge on any atom is -0.481 e. The summed E-state index contributed by atoms with van der Waals surface area (Å²) >= 11 is 0. The molecule has 0 aliphatic rings. The molecule has 5 heteroatoms. The van der Waals surface area contributed by atoms with Crippen LogP contribution in [0, 0.1) is 18.6 Å². The molecule has 0 fully saturated rings. The Bertz CT molecular complexity index is 686. The van der Waals surface area contributed by atoms with Gasteiger partial charge in [0.05, 0.1) is 6.42 Å². The Morgan fingerprint density at radius 1 is 1.19 bits per heavy atom. The number of carboxylic acids is 1. The van der Waals surface area contributed by atoms with E-state index in [1.54, 1.807) is 25.1 Å². The van der Waals surface area contributed by atoms with Crippen LogP contribution in [0.2, 0.25) is 0 Å². The molecule has 0 saturated carbocycles. The van der Waals surface area contributed by atoms with Crippen LogP contribution in [-0.2, 0) is 4.79 Å². The van der Waals surface area contributed by atoms with Gasteiger partial charge in [-0.05, 0) is 41.8 Å². The molecule has 0 amide bonds. The van der Waals surface area contributed by atoms with Crippen LogP contribution in [0.25, 0.3) is 11.1 Å². The van der Waals surface area contributed by atoms with E-state index in [4.69, 9.17) is 10.8 Å². The summed E-state index contributed by atoms with van der Waals surface area (Å²) in [5, 5.41) is 8.78. The zero-order valence-corrected chi connectivity index (χ0v) is 11.4. The molecule has 1 atom stereocenters. The number of carboxylic acid groups (broad SMARTS) is 1. The maximum Gasteiger partial charge on any atom is 0.305 e. The predicted octanol–water partition coefficient (Wildman–Crippen LogP) is 3.41. The van der Waals surface area contributed by atoms with Gasteiger partial charge in [-0.2, -0.15) is 0 Å². The second-order valence-corrected chi connectivity index (χ2v) is 4.90. The summed E-state index contributed by atoms with van der Waals surface area (Å²) < 4.78 is 26.9. The van der Waals surface area contributed by atoms with Gasteiger partial charge in [0.25, 0.3) is 0 Å². The molecular weight excluding hydrogens is 276 g/mol. The van der Waals surface area contributed by atoms with Crippen LogP contribution in [0.5, 0.6) is 0 Å². The first-order valence-electron chi connectivity index (χ1n) is 6.42. The average molecular weight is 291 g/mol. The molecule has 110 valence electrons. The van der Waals surface area contributed by atoms with Gasteiger partial charge in [0.2, 0.25) is 0 Å². The van der Waals surface area contributed by atoms with Crippen LogP contribution < -0.4 is 5.73 Å². The number of hydrogen-bond donors (Lipinski definition) is 2. The van der Waals surface area contributed by atoms with Gasteiger partial charge in [-0.25, -0.2) is 8.78 Å². The second-order valence-electron chi connectivity index (χ2n) is 4.90. The average Bonchev–Trinajstić information content (AvgIpc) is 2.39. The topological polar surface area (TPSA) is 63.3 Å². The molecular formula is C16H15F2NO2. The molecule has 0 aliphatic carbocycles. The van der Waals surface area contributed by atoms with Gasteiger partial charge in [0, 0.05) is 17.7 Å². The molecule has 0 aromatic heterocycles. The summed E-state index contributed by atoms with van der Waals surface area (Å²) in [6.45, 7) is 1.80. The van der Waals surface area contributed by atoms with Crippen molar-refractivity contribution >= 4 is 5.97 Å². The summed E-state index contributed by atoms with van der Waals surface area (Å²) in [5.41, 5.74) is 8.05. The van der Waals surface area contributed by atoms with Crippen molar-refractivity contribution in [3.63, 3.8) is 0 Å². The van der Waals surface area contributed by atoms with E-state index < -0.39 is 23.6 Å². The van der Waals surface area contributed by atoms with E-state index in [2.05, 4.69) is 0 Å². The van der Waals surface area contributed by atoms with Crippen molar-refractivity contribution < 1.29 is 18.7 Å². The third-order valence-electron chi connectivity index (χ3n) is 3.31. The van der Waals surface area contributed by atoms with Crippen LogP contribution in [-0.4, -0.2) is 11.1 Å². The highest BCUT2D eigenvalue weighted by molar-refractivity contribution is 5.70. The number of aryl methyl sites for hydroxylation is 1.